The van der Waals surface area contributed by atoms with Crippen molar-refractivity contribution in [2.75, 3.05) is 39.0 Å². The summed E-state index contributed by atoms with van der Waals surface area (Å²) in [7, 11) is 1.60. The first-order chi connectivity index (χ1) is 15.7. The van der Waals surface area contributed by atoms with Gasteiger partial charge in [0.25, 0.3) is 5.91 Å². The van der Waals surface area contributed by atoms with Gasteiger partial charge in [-0.25, -0.2) is 0 Å². The van der Waals surface area contributed by atoms with Crippen LogP contribution in [0.1, 0.15) is 68.1 Å². The number of likely N-dealkylation sites (tertiary alicyclic amines) is 3. The van der Waals surface area contributed by atoms with Gasteiger partial charge in [-0.05, 0) is 52.1 Å². The number of thiophene rings is 1. The molecular formula is C25H40N4O3S. The Labute approximate surface area is 202 Å². The van der Waals surface area contributed by atoms with Crippen LogP contribution in [0.3, 0.4) is 0 Å². The molecule has 3 aliphatic rings. The van der Waals surface area contributed by atoms with Gasteiger partial charge in [-0.2, -0.15) is 0 Å². The fourth-order valence-corrected chi connectivity index (χ4v) is 5.83. The van der Waals surface area contributed by atoms with Crippen molar-refractivity contribution in [2.24, 2.45) is 5.41 Å². The van der Waals surface area contributed by atoms with E-state index in [0.717, 1.165) is 37.1 Å². The fraction of sp³-hybridized carbons (Fsp3) is 0.640. The van der Waals surface area contributed by atoms with Gasteiger partial charge < -0.3 is 10.6 Å². The van der Waals surface area contributed by atoms with E-state index in [9.17, 15) is 14.4 Å². The Morgan fingerprint density at radius 1 is 1.24 bits per heavy atom. The largest absolute Gasteiger partial charge is 0.390 e. The summed E-state index contributed by atoms with van der Waals surface area (Å²) < 4.78 is 0. The van der Waals surface area contributed by atoms with Crippen molar-refractivity contribution >= 4 is 34.1 Å². The molecule has 1 spiro atoms. The molecule has 1 aromatic heterocycles. The van der Waals surface area contributed by atoms with Gasteiger partial charge in [0.15, 0.2) is 0 Å². The second kappa shape index (κ2) is 11.8. The molecule has 1 unspecified atom stereocenters. The Morgan fingerprint density at radius 3 is 2.33 bits per heavy atom. The van der Waals surface area contributed by atoms with Crippen molar-refractivity contribution in [3.05, 3.63) is 29.2 Å². The minimum absolute atomic E-state index is 0.0156. The standard InChI is InChI=1S/C20H28N4O3S.C3H6.C2H6/c1-13-10-15(17(21)28-13)18(26)23-8-4-14(5-9-23)24-7-3-6-20(12-24)11-16(25)22(2)19(20)27;1-3-2;1-2/h10,14H,3-9,11-12,21H2,1-2H3;3H,1H2,2H3;1-2H3. The van der Waals surface area contributed by atoms with Crippen molar-refractivity contribution in [1.29, 1.82) is 0 Å². The summed E-state index contributed by atoms with van der Waals surface area (Å²) in [6.07, 6.45) is 5.61. The molecule has 2 N–H and O–H groups in total. The third-order valence-electron chi connectivity index (χ3n) is 6.61. The highest BCUT2D eigenvalue weighted by Gasteiger charge is 2.52. The molecule has 1 atom stereocenters. The number of carbonyl (C=O) groups is 3. The highest BCUT2D eigenvalue weighted by Crippen LogP contribution is 2.41. The Morgan fingerprint density at radius 2 is 1.85 bits per heavy atom. The van der Waals surface area contributed by atoms with Crippen LogP contribution in [0.25, 0.3) is 0 Å². The number of nitrogen functional groups attached to an aromatic ring is 1. The van der Waals surface area contributed by atoms with Gasteiger partial charge in [0.05, 0.1) is 16.0 Å². The molecule has 3 fully saturated rings. The second-order valence-electron chi connectivity index (χ2n) is 8.86. The van der Waals surface area contributed by atoms with Gasteiger partial charge in [-0.1, -0.05) is 19.9 Å². The molecule has 3 saturated heterocycles. The molecule has 3 amide bonds. The maximum absolute atomic E-state index is 12.8. The van der Waals surface area contributed by atoms with Crippen molar-refractivity contribution in [2.45, 2.75) is 65.8 Å². The van der Waals surface area contributed by atoms with Gasteiger partial charge in [-0.15, -0.1) is 17.9 Å². The highest BCUT2D eigenvalue weighted by atomic mass is 32.1. The molecule has 8 heteroatoms. The van der Waals surface area contributed by atoms with Crippen LogP contribution < -0.4 is 5.73 Å². The summed E-state index contributed by atoms with van der Waals surface area (Å²) >= 11 is 1.45. The molecular weight excluding hydrogens is 436 g/mol. The van der Waals surface area contributed by atoms with Crippen LogP contribution in [0.4, 0.5) is 5.00 Å². The average Bonchev–Trinajstić information content (AvgIpc) is 3.26. The monoisotopic (exact) mass is 476 g/mol. The summed E-state index contributed by atoms with van der Waals surface area (Å²) in [6, 6.07) is 2.23. The smallest absolute Gasteiger partial charge is 0.256 e. The molecule has 4 heterocycles. The molecule has 0 radical (unpaired) electrons. The molecule has 0 saturated carbocycles. The zero-order valence-electron chi connectivity index (χ0n) is 20.9. The lowest BCUT2D eigenvalue weighted by Gasteiger charge is -2.45. The van der Waals surface area contributed by atoms with Gasteiger partial charge in [0.2, 0.25) is 11.8 Å². The van der Waals surface area contributed by atoms with E-state index >= 15 is 0 Å². The predicted molar refractivity (Wildman–Crippen MR) is 135 cm³/mol. The molecule has 3 aliphatic heterocycles. The normalized spacial score (nSPS) is 23.7. The molecule has 1 aromatic rings. The number of nitrogens with zero attached hydrogens (tertiary/aromatic N) is 3. The fourth-order valence-electron chi connectivity index (χ4n) is 5.05. The number of aryl methyl sites for hydroxylation is 1. The lowest BCUT2D eigenvalue weighted by Crippen LogP contribution is -2.54. The van der Waals surface area contributed by atoms with Gasteiger partial charge >= 0.3 is 0 Å². The van der Waals surface area contributed by atoms with Crippen LogP contribution in [-0.2, 0) is 9.59 Å². The number of allylic oxidation sites excluding steroid dienone is 1. The van der Waals surface area contributed by atoms with E-state index in [1.165, 1.54) is 16.2 Å². The van der Waals surface area contributed by atoms with E-state index in [1.54, 1.807) is 13.1 Å². The predicted octanol–water partition coefficient (Wildman–Crippen LogP) is 3.93. The van der Waals surface area contributed by atoms with E-state index in [-0.39, 0.29) is 17.7 Å². The van der Waals surface area contributed by atoms with E-state index in [0.29, 0.717) is 42.7 Å². The van der Waals surface area contributed by atoms with Gasteiger partial charge in [-0.3, -0.25) is 24.2 Å². The Balaban J connectivity index is 0.000000714. The first-order valence-corrected chi connectivity index (χ1v) is 12.8. The van der Waals surface area contributed by atoms with Crippen molar-refractivity contribution in [1.82, 2.24) is 14.7 Å². The van der Waals surface area contributed by atoms with Crippen LogP contribution in [0.15, 0.2) is 18.7 Å². The lowest BCUT2D eigenvalue weighted by atomic mass is 9.77. The molecule has 4 rings (SSSR count). The summed E-state index contributed by atoms with van der Waals surface area (Å²) in [6.45, 7) is 14.2. The Kier molecular flexibility index (Phi) is 9.67. The first-order valence-electron chi connectivity index (χ1n) is 12.0. The summed E-state index contributed by atoms with van der Waals surface area (Å²) in [4.78, 5) is 44.1. The first kappa shape index (κ1) is 27.1. The third-order valence-corrected chi connectivity index (χ3v) is 7.49. The molecule has 0 bridgehead atoms. The molecule has 184 valence electrons. The minimum Gasteiger partial charge on any atom is -0.390 e. The number of amides is 3. The van der Waals surface area contributed by atoms with Crippen LogP contribution >= 0.6 is 11.3 Å². The highest BCUT2D eigenvalue weighted by molar-refractivity contribution is 7.16. The van der Waals surface area contributed by atoms with Crippen molar-refractivity contribution in [3.8, 4) is 0 Å². The van der Waals surface area contributed by atoms with Gasteiger partial charge in [0.1, 0.15) is 0 Å². The quantitative estimate of drug-likeness (QED) is 0.516. The second-order valence-corrected chi connectivity index (χ2v) is 10.1. The van der Waals surface area contributed by atoms with Crippen molar-refractivity contribution < 1.29 is 14.4 Å². The van der Waals surface area contributed by atoms with E-state index < -0.39 is 5.41 Å². The third kappa shape index (κ3) is 5.84. The van der Waals surface area contributed by atoms with Gasteiger partial charge in [0, 0.05) is 44.0 Å². The zero-order valence-corrected chi connectivity index (χ0v) is 21.7. The van der Waals surface area contributed by atoms with E-state index in [1.807, 2.05) is 38.7 Å². The topological polar surface area (TPSA) is 87.0 Å². The molecule has 0 aliphatic carbocycles. The number of hydrogen-bond acceptors (Lipinski definition) is 6. The Hall–Kier alpha value is -2.19. The van der Waals surface area contributed by atoms with Crippen LogP contribution in [0.5, 0.6) is 0 Å². The maximum Gasteiger partial charge on any atom is 0.256 e. The summed E-state index contributed by atoms with van der Waals surface area (Å²) in [5, 5.41) is 0.594. The Bertz CT molecular complexity index is 860. The number of imide groups is 1. The molecule has 33 heavy (non-hydrogen) atoms. The minimum atomic E-state index is -0.528. The zero-order chi connectivity index (χ0) is 24.8. The van der Waals surface area contributed by atoms with Crippen LogP contribution in [-0.4, -0.2) is 71.7 Å². The number of piperidine rings is 2. The number of carbonyl (C=O) groups excluding carboxylic acids is 3. The lowest BCUT2D eigenvalue weighted by molar-refractivity contribution is -0.141. The average molecular weight is 477 g/mol. The van der Waals surface area contributed by atoms with E-state index in [4.69, 9.17) is 5.73 Å². The molecule has 7 nitrogen and oxygen atoms in total. The SMILES string of the molecule is C=CC.CC.Cc1cc(C(=O)N2CCC(N3CCCC4(CC(=O)N(C)C4=O)C3)CC2)c(N)s1. The van der Waals surface area contributed by atoms with Crippen molar-refractivity contribution in [3.63, 3.8) is 0 Å². The maximum atomic E-state index is 12.8. The number of nitrogens with two attached hydrogens (primary N) is 1. The van der Waals surface area contributed by atoms with Crippen LogP contribution in [0.2, 0.25) is 0 Å². The number of rotatable bonds is 2. The summed E-state index contributed by atoms with van der Waals surface area (Å²) in [5.41, 5.74) is 6.09. The summed E-state index contributed by atoms with van der Waals surface area (Å²) in [5.74, 6) is -0.0531. The number of anilines is 1. The van der Waals surface area contributed by atoms with E-state index in [2.05, 4.69) is 11.5 Å². The number of hydrogen-bond donors (Lipinski definition) is 1. The molecule has 0 aromatic carbocycles. The van der Waals surface area contributed by atoms with Crippen LogP contribution in [0, 0.1) is 12.3 Å².